The Bertz CT molecular complexity index is 1480. The molecule has 0 atom stereocenters. The smallest absolute Gasteiger partial charge is 0.251 e. The highest BCUT2D eigenvalue weighted by Gasteiger charge is 2.17. The van der Waals surface area contributed by atoms with Gasteiger partial charge in [-0.1, -0.05) is 19.3 Å². The van der Waals surface area contributed by atoms with Gasteiger partial charge in [0.2, 0.25) is 0 Å². The quantitative estimate of drug-likeness (QED) is 0.306. The summed E-state index contributed by atoms with van der Waals surface area (Å²) in [5.41, 5.74) is 3.29. The number of nitrogens with zero attached hydrogens (tertiary/aromatic N) is 4. The number of fused-ring (bicyclic) bond motifs is 1. The van der Waals surface area contributed by atoms with Crippen molar-refractivity contribution < 1.29 is 14.3 Å². The topological polar surface area (TPSA) is 102 Å². The van der Waals surface area contributed by atoms with Crippen LogP contribution in [0.3, 0.4) is 0 Å². The summed E-state index contributed by atoms with van der Waals surface area (Å²) < 4.78 is 11.6. The molecule has 0 spiro atoms. The highest BCUT2D eigenvalue weighted by Crippen LogP contribution is 2.31. The average molecular weight is 539 g/mol. The molecule has 6 rings (SSSR count). The molecule has 2 aromatic carbocycles. The van der Waals surface area contributed by atoms with Gasteiger partial charge in [-0.05, 0) is 73.9 Å². The van der Waals surface area contributed by atoms with Crippen molar-refractivity contribution in [3.8, 4) is 11.5 Å². The van der Waals surface area contributed by atoms with Gasteiger partial charge in [0.25, 0.3) is 5.91 Å². The van der Waals surface area contributed by atoms with E-state index in [0.29, 0.717) is 24.5 Å². The Morgan fingerprint density at radius 1 is 0.975 bits per heavy atom. The van der Waals surface area contributed by atoms with Crippen LogP contribution in [0.25, 0.3) is 10.9 Å². The number of nitrogens with one attached hydrogen (secondary N) is 2. The SMILES string of the molecule is Cc1cc(Nc2ncnc3cnc(N4CCOCC4)cc23)ccc1Oc1ccc(C(=O)NC2CCCCC2)cc1. The minimum atomic E-state index is -0.0184. The molecule has 1 saturated carbocycles. The fraction of sp³-hybridized carbons (Fsp3) is 0.355. The molecule has 0 radical (unpaired) electrons. The first kappa shape index (κ1) is 26.0. The lowest BCUT2D eigenvalue weighted by Gasteiger charge is -2.27. The monoisotopic (exact) mass is 538 g/mol. The highest BCUT2D eigenvalue weighted by molar-refractivity contribution is 5.94. The van der Waals surface area contributed by atoms with Gasteiger partial charge in [0.15, 0.2) is 0 Å². The number of hydrogen-bond acceptors (Lipinski definition) is 8. The first-order valence-electron chi connectivity index (χ1n) is 14.0. The van der Waals surface area contributed by atoms with Crippen LogP contribution in [0.5, 0.6) is 11.5 Å². The molecule has 4 aromatic rings. The van der Waals surface area contributed by atoms with Crippen LogP contribution in [0.15, 0.2) is 61.1 Å². The van der Waals surface area contributed by atoms with Crippen LogP contribution >= 0.6 is 0 Å². The van der Waals surface area contributed by atoms with E-state index >= 15 is 0 Å². The summed E-state index contributed by atoms with van der Waals surface area (Å²) in [5.74, 6) is 3.03. The molecule has 2 aromatic heterocycles. The van der Waals surface area contributed by atoms with E-state index in [-0.39, 0.29) is 11.9 Å². The second-order valence-electron chi connectivity index (χ2n) is 10.4. The molecule has 2 N–H and O–H groups in total. The van der Waals surface area contributed by atoms with Gasteiger partial charge in [0, 0.05) is 35.8 Å². The van der Waals surface area contributed by atoms with Crippen LogP contribution in [0.2, 0.25) is 0 Å². The highest BCUT2D eigenvalue weighted by atomic mass is 16.5. The third-order valence-electron chi connectivity index (χ3n) is 7.56. The molecule has 1 aliphatic carbocycles. The number of carbonyl (C=O) groups excluding carboxylic acids is 1. The van der Waals surface area contributed by atoms with Gasteiger partial charge in [-0.15, -0.1) is 0 Å². The Balaban J connectivity index is 1.13. The summed E-state index contributed by atoms with van der Waals surface area (Å²) in [6, 6.07) is 15.6. The summed E-state index contributed by atoms with van der Waals surface area (Å²) >= 11 is 0. The molecule has 1 amide bonds. The number of benzene rings is 2. The van der Waals surface area contributed by atoms with Gasteiger partial charge >= 0.3 is 0 Å². The third kappa shape index (κ3) is 5.99. The maximum Gasteiger partial charge on any atom is 0.251 e. The fourth-order valence-corrected chi connectivity index (χ4v) is 5.31. The summed E-state index contributed by atoms with van der Waals surface area (Å²) in [6.07, 6.45) is 9.11. The van der Waals surface area contributed by atoms with E-state index in [0.717, 1.165) is 65.5 Å². The summed E-state index contributed by atoms with van der Waals surface area (Å²) in [5, 5.41) is 7.51. The van der Waals surface area contributed by atoms with Crippen molar-refractivity contribution in [1.29, 1.82) is 0 Å². The second-order valence-corrected chi connectivity index (χ2v) is 10.4. The van der Waals surface area contributed by atoms with Gasteiger partial charge < -0.3 is 25.0 Å². The largest absolute Gasteiger partial charge is 0.457 e. The molecule has 0 bridgehead atoms. The zero-order valence-corrected chi connectivity index (χ0v) is 22.7. The molecule has 3 heterocycles. The Morgan fingerprint density at radius 2 is 1.77 bits per heavy atom. The molecular weight excluding hydrogens is 504 g/mol. The van der Waals surface area contributed by atoms with Gasteiger partial charge in [0.1, 0.15) is 29.5 Å². The number of aromatic nitrogens is 3. The van der Waals surface area contributed by atoms with E-state index in [2.05, 4.69) is 30.5 Å². The molecular formula is C31H34N6O3. The fourth-order valence-electron chi connectivity index (χ4n) is 5.31. The number of anilines is 3. The van der Waals surface area contributed by atoms with Crippen molar-refractivity contribution >= 4 is 34.1 Å². The summed E-state index contributed by atoms with van der Waals surface area (Å²) in [7, 11) is 0. The van der Waals surface area contributed by atoms with E-state index in [9.17, 15) is 4.79 Å². The van der Waals surface area contributed by atoms with Crippen molar-refractivity contribution in [3.63, 3.8) is 0 Å². The van der Waals surface area contributed by atoms with E-state index in [4.69, 9.17) is 9.47 Å². The van der Waals surface area contributed by atoms with Gasteiger partial charge in [-0.3, -0.25) is 4.79 Å². The number of carbonyl (C=O) groups is 1. The predicted octanol–water partition coefficient (Wildman–Crippen LogP) is 5.77. The Labute approximate surface area is 234 Å². The lowest BCUT2D eigenvalue weighted by molar-refractivity contribution is 0.0927. The van der Waals surface area contributed by atoms with Crippen LogP contribution in [0.1, 0.15) is 48.0 Å². The average Bonchev–Trinajstić information content (AvgIpc) is 3.00. The molecule has 206 valence electrons. The molecule has 2 aliphatic rings. The Morgan fingerprint density at radius 3 is 2.55 bits per heavy atom. The molecule has 1 aliphatic heterocycles. The van der Waals surface area contributed by atoms with E-state index in [1.54, 1.807) is 12.5 Å². The first-order chi connectivity index (χ1) is 19.6. The maximum absolute atomic E-state index is 12.6. The van der Waals surface area contributed by atoms with Crippen molar-refractivity contribution in [2.45, 2.75) is 45.1 Å². The van der Waals surface area contributed by atoms with E-state index in [1.807, 2.05) is 55.5 Å². The van der Waals surface area contributed by atoms with Crippen molar-refractivity contribution in [2.75, 3.05) is 36.5 Å². The number of amides is 1. The normalized spacial score (nSPS) is 16.1. The van der Waals surface area contributed by atoms with Crippen molar-refractivity contribution in [2.24, 2.45) is 0 Å². The summed E-state index contributed by atoms with van der Waals surface area (Å²) in [6.45, 7) is 5.02. The number of ether oxygens (including phenoxy) is 2. The number of aryl methyl sites for hydroxylation is 1. The number of morpholine rings is 1. The minimum Gasteiger partial charge on any atom is -0.457 e. The first-order valence-corrected chi connectivity index (χ1v) is 14.0. The van der Waals surface area contributed by atoms with Crippen LogP contribution < -0.4 is 20.3 Å². The van der Waals surface area contributed by atoms with Crippen molar-refractivity contribution in [3.05, 3.63) is 72.2 Å². The lowest BCUT2D eigenvalue weighted by atomic mass is 9.95. The summed E-state index contributed by atoms with van der Waals surface area (Å²) in [4.78, 5) is 28.3. The minimum absolute atomic E-state index is 0.0184. The second kappa shape index (κ2) is 11.9. The molecule has 9 nitrogen and oxygen atoms in total. The Hall–Kier alpha value is -4.24. The van der Waals surface area contributed by atoms with Gasteiger partial charge in [-0.2, -0.15) is 0 Å². The lowest BCUT2D eigenvalue weighted by Crippen LogP contribution is -2.36. The predicted molar refractivity (Wildman–Crippen MR) is 156 cm³/mol. The molecule has 40 heavy (non-hydrogen) atoms. The zero-order valence-electron chi connectivity index (χ0n) is 22.7. The number of rotatable bonds is 7. The number of hydrogen-bond donors (Lipinski definition) is 2. The van der Waals surface area contributed by atoms with Crippen LogP contribution in [-0.2, 0) is 4.74 Å². The molecule has 2 fully saturated rings. The Kier molecular flexibility index (Phi) is 7.72. The van der Waals surface area contributed by atoms with Crippen LogP contribution in [0, 0.1) is 6.92 Å². The van der Waals surface area contributed by atoms with Crippen LogP contribution in [-0.4, -0.2) is 53.2 Å². The van der Waals surface area contributed by atoms with Gasteiger partial charge in [0.05, 0.1) is 24.9 Å². The molecule has 1 saturated heterocycles. The third-order valence-corrected chi connectivity index (χ3v) is 7.56. The van der Waals surface area contributed by atoms with Crippen LogP contribution in [0.4, 0.5) is 17.3 Å². The van der Waals surface area contributed by atoms with E-state index in [1.165, 1.54) is 19.3 Å². The van der Waals surface area contributed by atoms with Crippen molar-refractivity contribution in [1.82, 2.24) is 20.3 Å². The maximum atomic E-state index is 12.6. The van der Waals surface area contributed by atoms with Gasteiger partial charge in [-0.25, -0.2) is 15.0 Å². The standard InChI is InChI=1S/C31H34N6O3/c1-21-17-24(35-30-26-18-29(37-13-15-39-16-14-37)32-19-27(26)33-20-34-30)9-12-28(21)40-25-10-7-22(8-11-25)31(38)36-23-5-3-2-4-6-23/h7-12,17-20,23H,2-6,13-16H2,1H3,(H,36,38)(H,33,34,35). The molecule has 9 heteroatoms. The zero-order chi connectivity index (χ0) is 27.3. The number of pyridine rings is 1. The molecule has 0 unspecified atom stereocenters. The van der Waals surface area contributed by atoms with E-state index < -0.39 is 0 Å².